The van der Waals surface area contributed by atoms with Gasteiger partial charge >= 0.3 is 5.97 Å². The molecule has 17 heavy (non-hydrogen) atoms. The number of rotatable bonds is 10. The molecule has 0 aliphatic heterocycles. The van der Waals surface area contributed by atoms with E-state index in [0.29, 0.717) is 6.42 Å². The summed E-state index contributed by atoms with van der Waals surface area (Å²) in [7, 11) is 0. The van der Waals surface area contributed by atoms with Gasteiger partial charge < -0.3 is 15.5 Å². The fourth-order valence-corrected chi connectivity index (χ4v) is 1.52. The number of unbranched alkanes of at least 4 members (excludes halogenated alkanes) is 5. The molecule has 0 aromatic rings. The lowest BCUT2D eigenvalue weighted by molar-refractivity contribution is -0.142. The molecule has 0 bridgehead atoms. The minimum Gasteiger partial charge on any atom is -0.480 e. The van der Waals surface area contributed by atoms with Crippen LogP contribution in [0.5, 0.6) is 0 Å². The Balaban J connectivity index is 3.55. The third-order valence-electron chi connectivity index (χ3n) is 2.57. The Morgan fingerprint density at radius 1 is 1.12 bits per heavy atom. The van der Waals surface area contributed by atoms with E-state index in [9.17, 15) is 9.59 Å². The van der Waals surface area contributed by atoms with Crippen molar-refractivity contribution in [1.29, 1.82) is 0 Å². The molecule has 0 saturated heterocycles. The average Bonchev–Trinajstić information content (AvgIpc) is 2.30. The number of amides is 1. The van der Waals surface area contributed by atoms with Gasteiger partial charge in [-0.25, -0.2) is 4.79 Å². The second-order valence-corrected chi connectivity index (χ2v) is 4.16. The monoisotopic (exact) mass is 245 g/mol. The number of aliphatic hydroxyl groups is 1. The van der Waals surface area contributed by atoms with Crippen LogP contribution in [-0.4, -0.2) is 34.7 Å². The molecule has 0 aromatic heterocycles. The molecular formula is C12H23NO4. The van der Waals surface area contributed by atoms with Crippen molar-refractivity contribution in [1.82, 2.24) is 5.32 Å². The van der Waals surface area contributed by atoms with Crippen LogP contribution in [0, 0.1) is 0 Å². The number of carbonyl (C=O) groups is 2. The van der Waals surface area contributed by atoms with Crippen LogP contribution in [-0.2, 0) is 9.59 Å². The van der Waals surface area contributed by atoms with Gasteiger partial charge in [0.15, 0.2) is 0 Å². The number of carbonyl (C=O) groups excluding carboxylic acids is 1. The highest BCUT2D eigenvalue weighted by Gasteiger charge is 2.17. The number of hydrogen-bond acceptors (Lipinski definition) is 3. The van der Waals surface area contributed by atoms with Crippen LogP contribution in [0.2, 0.25) is 0 Å². The lowest BCUT2D eigenvalue weighted by Gasteiger charge is -2.11. The van der Waals surface area contributed by atoms with Gasteiger partial charge in [0.1, 0.15) is 6.04 Å². The third-order valence-corrected chi connectivity index (χ3v) is 2.57. The molecule has 3 N–H and O–H groups in total. The molecule has 0 fully saturated rings. The number of carboxylic acids is 1. The summed E-state index contributed by atoms with van der Waals surface area (Å²) >= 11 is 0. The topological polar surface area (TPSA) is 86.6 Å². The summed E-state index contributed by atoms with van der Waals surface area (Å²) < 4.78 is 0. The van der Waals surface area contributed by atoms with E-state index >= 15 is 0 Å². The number of aliphatic hydroxyl groups excluding tert-OH is 1. The molecule has 100 valence electrons. The molecule has 5 nitrogen and oxygen atoms in total. The van der Waals surface area contributed by atoms with Gasteiger partial charge in [-0.3, -0.25) is 4.79 Å². The Labute approximate surface area is 102 Å². The van der Waals surface area contributed by atoms with E-state index in [0.717, 1.165) is 19.3 Å². The Kier molecular flexibility index (Phi) is 9.43. The van der Waals surface area contributed by atoms with Gasteiger partial charge in [0, 0.05) is 6.42 Å². The third kappa shape index (κ3) is 8.68. The van der Waals surface area contributed by atoms with Crippen LogP contribution in [0.25, 0.3) is 0 Å². The minimum atomic E-state index is -1.20. The standard InChI is InChI=1S/C12H23NO4/c1-2-3-4-5-6-7-8-11(15)13-10(9-14)12(16)17/h10,14H,2-9H2,1H3,(H,13,15)(H,16,17)/t10-/m0/s1. The lowest BCUT2D eigenvalue weighted by atomic mass is 10.1. The van der Waals surface area contributed by atoms with Gasteiger partial charge in [0.2, 0.25) is 5.91 Å². The summed E-state index contributed by atoms with van der Waals surface area (Å²) in [6.07, 6.45) is 6.80. The zero-order valence-corrected chi connectivity index (χ0v) is 10.4. The highest BCUT2D eigenvalue weighted by atomic mass is 16.4. The van der Waals surface area contributed by atoms with Crippen LogP contribution < -0.4 is 5.32 Å². The highest BCUT2D eigenvalue weighted by Crippen LogP contribution is 2.06. The summed E-state index contributed by atoms with van der Waals surface area (Å²) in [6.45, 7) is 1.58. The van der Waals surface area contributed by atoms with Gasteiger partial charge in [-0.2, -0.15) is 0 Å². The largest absolute Gasteiger partial charge is 0.480 e. The quantitative estimate of drug-likeness (QED) is 0.506. The summed E-state index contributed by atoms with van der Waals surface area (Å²) in [5.41, 5.74) is 0. The molecule has 1 atom stereocenters. The predicted octanol–water partition coefficient (Wildman–Crippen LogP) is 1.30. The molecular weight excluding hydrogens is 222 g/mol. The Morgan fingerprint density at radius 3 is 2.24 bits per heavy atom. The van der Waals surface area contributed by atoms with E-state index in [1.54, 1.807) is 0 Å². The van der Waals surface area contributed by atoms with Gasteiger partial charge in [0.25, 0.3) is 0 Å². The maximum atomic E-state index is 11.3. The van der Waals surface area contributed by atoms with E-state index in [2.05, 4.69) is 12.2 Å². The van der Waals surface area contributed by atoms with Gasteiger partial charge in [0.05, 0.1) is 6.61 Å². The van der Waals surface area contributed by atoms with Crippen molar-refractivity contribution in [2.45, 2.75) is 57.9 Å². The normalized spacial score (nSPS) is 12.1. The van der Waals surface area contributed by atoms with E-state index in [4.69, 9.17) is 10.2 Å². The van der Waals surface area contributed by atoms with Gasteiger partial charge in [-0.15, -0.1) is 0 Å². The van der Waals surface area contributed by atoms with Crippen molar-refractivity contribution in [2.75, 3.05) is 6.61 Å². The molecule has 0 aliphatic rings. The molecule has 0 aliphatic carbocycles. The second kappa shape index (κ2) is 10.1. The summed E-state index contributed by atoms with van der Waals surface area (Å²) in [4.78, 5) is 21.9. The first-order valence-corrected chi connectivity index (χ1v) is 6.24. The van der Waals surface area contributed by atoms with Crippen LogP contribution in [0.1, 0.15) is 51.9 Å². The molecule has 0 aromatic carbocycles. The maximum Gasteiger partial charge on any atom is 0.328 e. The number of nitrogens with one attached hydrogen (secondary N) is 1. The van der Waals surface area contributed by atoms with Crippen LogP contribution in [0.3, 0.4) is 0 Å². The van der Waals surface area contributed by atoms with Crippen molar-refractivity contribution in [2.24, 2.45) is 0 Å². The van der Waals surface area contributed by atoms with Crippen molar-refractivity contribution < 1.29 is 19.8 Å². The summed E-state index contributed by atoms with van der Waals surface area (Å²) in [5.74, 6) is -1.51. The SMILES string of the molecule is CCCCCCCCC(=O)N[C@@H](CO)C(=O)O. The van der Waals surface area contributed by atoms with Crippen molar-refractivity contribution in [3.63, 3.8) is 0 Å². The Morgan fingerprint density at radius 2 is 1.71 bits per heavy atom. The molecule has 0 rings (SSSR count). The number of carboxylic acid groups (broad SMARTS) is 1. The maximum absolute atomic E-state index is 11.3. The predicted molar refractivity (Wildman–Crippen MR) is 64.6 cm³/mol. The minimum absolute atomic E-state index is 0.304. The average molecular weight is 245 g/mol. The Hall–Kier alpha value is -1.10. The van der Waals surface area contributed by atoms with E-state index in [1.807, 2.05) is 0 Å². The van der Waals surface area contributed by atoms with E-state index < -0.39 is 18.6 Å². The Bertz CT molecular complexity index is 231. The lowest BCUT2D eigenvalue weighted by Crippen LogP contribution is -2.43. The van der Waals surface area contributed by atoms with Crippen molar-refractivity contribution >= 4 is 11.9 Å². The fourth-order valence-electron chi connectivity index (χ4n) is 1.52. The second-order valence-electron chi connectivity index (χ2n) is 4.16. The highest BCUT2D eigenvalue weighted by molar-refractivity contribution is 5.83. The summed E-state index contributed by atoms with van der Waals surface area (Å²) in [6, 6.07) is -1.18. The van der Waals surface area contributed by atoms with Gasteiger partial charge in [-0.1, -0.05) is 39.0 Å². The first-order chi connectivity index (χ1) is 8.11. The van der Waals surface area contributed by atoms with E-state index in [1.165, 1.54) is 19.3 Å². The molecule has 5 heteroatoms. The smallest absolute Gasteiger partial charge is 0.328 e. The fraction of sp³-hybridized carbons (Fsp3) is 0.833. The molecule has 1 amide bonds. The molecule has 0 saturated carbocycles. The van der Waals surface area contributed by atoms with Crippen LogP contribution in [0.15, 0.2) is 0 Å². The molecule has 0 unspecified atom stereocenters. The first kappa shape index (κ1) is 15.9. The molecule has 0 radical (unpaired) electrons. The van der Waals surface area contributed by atoms with E-state index in [-0.39, 0.29) is 5.91 Å². The number of hydrogen-bond donors (Lipinski definition) is 3. The van der Waals surface area contributed by atoms with Crippen molar-refractivity contribution in [3.05, 3.63) is 0 Å². The number of aliphatic carboxylic acids is 1. The molecule has 0 spiro atoms. The van der Waals surface area contributed by atoms with Crippen LogP contribution in [0.4, 0.5) is 0 Å². The molecule has 0 heterocycles. The first-order valence-electron chi connectivity index (χ1n) is 6.24. The van der Waals surface area contributed by atoms with Crippen molar-refractivity contribution in [3.8, 4) is 0 Å². The zero-order chi connectivity index (χ0) is 13.1. The summed E-state index contributed by atoms with van der Waals surface area (Å²) in [5, 5.41) is 19.6. The van der Waals surface area contributed by atoms with Gasteiger partial charge in [-0.05, 0) is 6.42 Å². The van der Waals surface area contributed by atoms with Crippen LogP contribution >= 0.6 is 0 Å². The zero-order valence-electron chi connectivity index (χ0n) is 10.4.